The van der Waals surface area contributed by atoms with Gasteiger partial charge < -0.3 is 21.9 Å². The summed E-state index contributed by atoms with van der Waals surface area (Å²) in [5.41, 5.74) is 2.49. The van der Waals surface area contributed by atoms with Gasteiger partial charge in [0.1, 0.15) is 0 Å². The van der Waals surface area contributed by atoms with Crippen LogP contribution >= 0.6 is 0 Å². The summed E-state index contributed by atoms with van der Waals surface area (Å²) >= 11 is 0. The van der Waals surface area contributed by atoms with Crippen molar-refractivity contribution in [3.05, 3.63) is 23.3 Å². The first-order valence-electron chi connectivity index (χ1n) is 5.08. The van der Waals surface area contributed by atoms with E-state index >= 15 is 0 Å². The minimum absolute atomic E-state index is 0. The van der Waals surface area contributed by atoms with Crippen LogP contribution in [0.1, 0.15) is 18.1 Å². The quantitative estimate of drug-likeness (QED) is 0.605. The van der Waals surface area contributed by atoms with E-state index in [1.807, 2.05) is 12.3 Å². The fourth-order valence-electron chi connectivity index (χ4n) is 1.87. The van der Waals surface area contributed by atoms with Crippen molar-refractivity contribution in [3.8, 4) is 11.5 Å². The predicted octanol–water partition coefficient (Wildman–Crippen LogP) is -2.85. The molecule has 0 saturated heterocycles. The second-order valence-electron chi connectivity index (χ2n) is 3.82. The second kappa shape index (κ2) is 5.21. The molecule has 1 unspecified atom stereocenters. The van der Waals surface area contributed by atoms with Gasteiger partial charge >= 0.3 is 0 Å². The first-order valence-corrected chi connectivity index (χ1v) is 5.08. The van der Waals surface area contributed by atoms with Crippen molar-refractivity contribution >= 4 is 6.21 Å². The third-order valence-electron chi connectivity index (χ3n) is 2.69. The number of ether oxygens (including phenoxy) is 2. The highest BCUT2D eigenvalue weighted by Gasteiger charge is 2.18. The summed E-state index contributed by atoms with van der Waals surface area (Å²) in [5, 5.41) is 0. The van der Waals surface area contributed by atoms with Crippen LogP contribution < -0.4 is 26.9 Å². The van der Waals surface area contributed by atoms with E-state index in [4.69, 9.17) is 9.47 Å². The van der Waals surface area contributed by atoms with Crippen LogP contribution in [0.3, 0.4) is 0 Å². The topological polar surface area (TPSA) is 32.4 Å². The molecule has 2 rings (SSSR count). The highest BCUT2D eigenvalue weighted by atomic mass is 35.5. The summed E-state index contributed by atoms with van der Waals surface area (Å²) in [6.07, 6.45) is 3.05. The molecule has 4 heteroatoms. The molecule has 1 aromatic rings. The van der Waals surface area contributed by atoms with Gasteiger partial charge in [-0.1, -0.05) is 0 Å². The first-order chi connectivity index (χ1) is 7.24. The Bertz CT molecular complexity index is 404. The highest BCUT2D eigenvalue weighted by Crippen LogP contribution is 2.30. The molecule has 16 heavy (non-hydrogen) atoms. The summed E-state index contributed by atoms with van der Waals surface area (Å²) < 4.78 is 10.5. The van der Waals surface area contributed by atoms with Crippen LogP contribution in [0.4, 0.5) is 0 Å². The van der Waals surface area contributed by atoms with Crippen LogP contribution in [-0.4, -0.2) is 26.5 Å². The number of halogens is 1. The van der Waals surface area contributed by atoms with E-state index < -0.39 is 0 Å². The molecule has 0 amide bonds. The molecule has 0 spiro atoms. The third-order valence-corrected chi connectivity index (χ3v) is 2.69. The maximum absolute atomic E-state index is 5.28. The maximum Gasteiger partial charge on any atom is 0.169 e. The molecule has 1 atom stereocenters. The minimum Gasteiger partial charge on any atom is -1.00 e. The zero-order chi connectivity index (χ0) is 10.8. The van der Waals surface area contributed by atoms with Gasteiger partial charge in [0.2, 0.25) is 0 Å². The Morgan fingerprint density at radius 2 is 1.81 bits per heavy atom. The van der Waals surface area contributed by atoms with Crippen LogP contribution in [0.5, 0.6) is 11.5 Å². The van der Waals surface area contributed by atoms with Crippen molar-refractivity contribution in [1.29, 1.82) is 0 Å². The van der Waals surface area contributed by atoms with Crippen LogP contribution in [-0.2, 0) is 6.42 Å². The van der Waals surface area contributed by atoms with E-state index in [1.54, 1.807) is 14.2 Å². The molecule has 1 N–H and O–H groups in total. The molecule has 0 radical (unpaired) electrons. The zero-order valence-electron chi connectivity index (χ0n) is 9.71. The van der Waals surface area contributed by atoms with Crippen molar-refractivity contribution in [2.75, 3.05) is 14.2 Å². The third kappa shape index (κ3) is 2.30. The number of rotatable bonds is 2. The Kier molecular flexibility index (Phi) is 4.19. The smallest absolute Gasteiger partial charge is 0.169 e. The van der Waals surface area contributed by atoms with Gasteiger partial charge in [-0.25, -0.2) is 4.99 Å². The first kappa shape index (κ1) is 12.8. The summed E-state index contributed by atoms with van der Waals surface area (Å²) in [6.45, 7) is 2.16. The molecule has 1 aliphatic rings. The lowest BCUT2D eigenvalue weighted by molar-refractivity contribution is -0.494. The Hall–Kier alpha value is -1.22. The summed E-state index contributed by atoms with van der Waals surface area (Å²) in [5.74, 6) is 1.59. The average molecular weight is 242 g/mol. The fourth-order valence-corrected chi connectivity index (χ4v) is 1.87. The van der Waals surface area contributed by atoms with E-state index in [-0.39, 0.29) is 12.4 Å². The van der Waals surface area contributed by atoms with Crippen molar-refractivity contribution < 1.29 is 26.9 Å². The van der Waals surface area contributed by atoms with Crippen molar-refractivity contribution in [2.45, 2.75) is 19.4 Å². The molecule has 1 aliphatic heterocycles. The number of benzene rings is 1. The number of methoxy groups -OCH3 is 2. The van der Waals surface area contributed by atoms with Gasteiger partial charge in [-0.3, -0.25) is 0 Å². The Balaban J connectivity index is 0.00000128. The van der Waals surface area contributed by atoms with Crippen molar-refractivity contribution in [2.24, 2.45) is 0 Å². The number of nitrogens with one attached hydrogen (secondary N) is 1. The molecule has 88 valence electrons. The monoisotopic (exact) mass is 241 g/mol. The molecule has 1 aromatic carbocycles. The lowest BCUT2D eigenvalue weighted by Gasteiger charge is -2.14. The summed E-state index contributed by atoms with van der Waals surface area (Å²) in [7, 11) is 3.32. The van der Waals surface area contributed by atoms with E-state index in [1.165, 1.54) is 11.1 Å². The molecule has 3 nitrogen and oxygen atoms in total. The van der Waals surface area contributed by atoms with Crippen LogP contribution in [0, 0.1) is 0 Å². The molecule has 0 saturated carbocycles. The van der Waals surface area contributed by atoms with E-state index in [2.05, 4.69) is 18.0 Å². The van der Waals surface area contributed by atoms with Gasteiger partial charge in [0.05, 0.1) is 14.2 Å². The van der Waals surface area contributed by atoms with Crippen LogP contribution in [0.2, 0.25) is 0 Å². The van der Waals surface area contributed by atoms with Gasteiger partial charge in [0.15, 0.2) is 23.8 Å². The van der Waals surface area contributed by atoms with Crippen LogP contribution in [0.15, 0.2) is 12.1 Å². The molecule has 0 aromatic heterocycles. The molecule has 0 bridgehead atoms. The SMILES string of the molecule is COc1cc2c(cc1OC)CC(C)[NH+]=C2.[Cl-]. The maximum atomic E-state index is 5.28. The Morgan fingerprint density at radius 1 is 1.19 bits per heavy atom. The van der Waals surface area contributed by atoms with E-state index in [9.17, 15) is 0 Å². The average Bonchev–Trinajstić information content (AvgIpc) is 2.27. The number of fused-ring (bicyclic) bond motifs is 1. The second-order valence-corrected chi connectivity index (χ2v) is 3.82. The lowest BCUT2D eigenvalue weighted by atomic mass is 9.98. The van der Waals surface area contributed by atoms with Gasteiger partial charge in [-0.05, 0) is 24.6 Å². The fraction of sp³-hybridized carbons (Fsp3) is 0.417. The Labute approximate surface area is 102 Å². The highest BCUT2D eigenvalue weighted by molar-refractivity contribution is 5.80. The molecular weight excluding hydrogens is 226 g/mol. The van der Waals surface area contributed by atoms with Gasteiger partial charge in [-0.2, -0.15) is 0 Å². The number of hydrogen-bond donors (Lipinski definition) is 1. The van der Waals surface area contributed by atoms with Crippen molar-refractivity contribution in [3.63, 3.8) is 0 Å². The molecule has 0 aliphatic carbocycles. The molecule has 1 heterocycles. The number of hydrogen-bond acceptors (Lipinski definition) is 2. The van der Waals surface area contributed by atoms with E-state index in [0.29, 0.717) is 6.04 Å². The van der Waals surface area contributed by atoms with Gasteiger partial charge in [0, 0.05) is 12.0 Å². The molecule has 0 fully saturated rings. The lowest BCUT2D eigenvalue weighted by Crippen LogP contribution is -3.00. The van der Waals surface area contributed by atoms with Gasteiger partial charge in [0.25, 0.3) is 0 Å². The minimum atomic E-state index is 0. The molecular formula is C12H16ClNO2. The normalized spacial score (nSPS) is 17.3. The summed E-state index contributed by atoms with van der Waals surface area (Å²) in [6, 6.07) is 4.55. The summed E-state index contributed by atoms with van der Waals surface area (Å²) in [4.78, 5) is 3.31. The zero-order valence-corrected chi connectivity index (χ0v) is 10.5. The standard InChI is InChI=1S/C12H15NO2.ClH/c1-8-4-9-5-11(14-2)12(15-3)6-10(9)7-13-8;/h5-8H,4H2,1-3H3;1H. The van der Waals surface area contributed by atoms with Crippen molar-refractivity contribution in [1.82, 2.24) is 0 Å². The largest absolute Gasteiger partial charge is 1.00 e. The van der Waals surface area contributed by atoms with Gasteiger partial charge in [-0.15, -0.1) is 0 Å². The van der Waals surface area contributed by atoms with E-state index in [0.717, 1.165) is 17.9 Å². The predicted molar refractivity (Wildman–Crippen MR) is 58.8 cm³/mol. The van der Waals surface area contributed by atoms with Crippen LogP contribution in [0.25, 0.3) is 0 Å². The Morgan fingerprint density at radius 3 is 2.44 bits per heavy atom.